The van der Waals surface area contributed by atoms with Crippen LogP contribution in [-0.2, 0) is 10.8 Å². The van der Waals surface area contributed by atoms with Crippen molar-refractivity contribution in [2.24, 2.45) is 0 Å². The van der Waals surface area contributed by atoms with Crippen molar-refractivity contribution in [1.82, 2.24) is 0 Å². The van der Waals surface area contributed by atoms with Crippen molar-refractivity contribution in [2.45, 2.75) is 52.4 Å². The number of benzene rings is 2. The maximum atomic E-state index is 9.64. The standard InChI is InChI=1S/C34H28N4S2/c1-33(2,3)24-13-9-21(10-14-24)26-17-28(23(19-35)20-36)39-30(26)31-27(18-29(40-31)32(37-7)38-8)22-11-15-25(16-12-22)34(4,5)6/h9-18H,1-6H3/b31-30+. The van der Waals surface area contributed by atoms with Crippen LogP contribution in [0.4, 0.5) is 0 Å². The second kappa shape index (κ2) is 11.0. The lowest BCUT2D eigenvalue weighted by Gasteiger charge is -2.19. The van der Waals surface area contributed by atoms with Gasteiger partial charge in [-0.25, -0.2) is 0 Å². The highest BCUT2D eigenvalue weighted by Gasteiger charge is 2.18. The zero-order valence-electron chi connectivity index (χ0n) is 23.4. The molecule has 0 N–H and O–H groups in total. The summed E-state index contributed by atoms with van der Waals surface area (Å²) in [5.74, 6) is 0.0259. The molecule has 0 amide bonds. The smallest absolute Gasteiger partial charge is 0.192 e. The Morgan fingerprint density at radius 2 is 1.02 bits per heavy atom. The molecule has 6 heteroatoms. The highest BCUT2D eigenvalue weighted by molar-refractivity contribution is 7.12. The molecule has 40 heavy (non-hydrogen) atoms. The average molecular weight is 557 g/mol. The van der Waals surface area contributed by atoms with Crippen LogP contribution in [0.15, 0.2) is 60.7 Å². The maximum absolute atomic E-state index is 9.64. The van der Waals surface area contributed by atoms with Crippen LogP contribution in [0.1, 0.15) is 52.7 Å². The Hall–Kier alpha value is -4.46. The summed E-state index contributed by atoms with van der Waals surface area (Å²) in [4.78, 5) is 6.95. The molecule has 2 aromatic carbocycles. The Morgan fingerprint density at radius 3 is 1.38 bits per heavy atom. The summed E-state index contributed by atoms with van der Waals surface area (Å²) in [6.45, 7) is 28.1. The maximum Gasteiger partial charge on any atom is 0.536 e. The Morgan fingerprint density at radius 1 is 0.650 bits per heavy atom. The van der Waals surface area contributed by atoms with Crippen molar-refractivity contribution in [3.05, 3.63) is 113 Å². The molecule has 0 fully saturated rings. The van der Waals surface area contributed by atoms with Crippen molar-refractivity contribution < 1.29 is 0 Å². The minimum absolute atomic E-state index is 0.00449. The van der Waals surface area contributed by atoms with Crippen LogP contribution in [0, 0.1) is 44.9 Å². The number of hydrogen-bond donors (Lipinski definition) is 0. The van der Waals surface area contributed by atoms with Crippen LogP contribution in [-0.4, -0.2) is 0 Å². The molecule has 4 nitrogen and oxygen atoms in total. The lowest BCUT2D eigenvalue weighted by molar-refractivity contribution is 0.590. The van der Waals surface area contributed by atoms with Gasteiger partial charge in [-0.15, -0.1) is 22.7 Å². The Labute approximate surface area is 243 Å². The van der Waals surface area contributed by atoms with Crippen LogP contribution < -0.4 is 9.06 Å². The molecular weight excluding hydrogens is 529 g/mol. The number of hydrogen-bond acceptors (Lipinski definition) is 4. The molecule has 4 rings (SSSR count). The molecule has 0 aliphatic carbocycles. The molecule has 0 saturated heterocycles. The molecule has 196 valence electrons. The van der Waals surface area contributed by atoms with E-state index >= 15 is 0 Å². The van der Waals surface area contributed by atoms with Gasteiger partial charge in [0, 0.05) is 11.1 Å². The first-order valence-corrected chi connectivity index (χ1v) is 14.3. The number of nitrogens with zero attached hydrogens (tertiary/aromatic N) is 4. The molecule has 0 radical (unpaired) electrons. The van der Waals surface area contributed by atoms with E-state index in [-0.39, 0.29) is 22.2 Å². The third-order valence-electron chi connectivity index (χ3n) is 6.70. The summed E-state index contributed by atoms with van der Waals surface area (Å²) < 4.78 is 3.01. The van der Waals surface area contributed by atoms with Gasteiger partial charge in [-0.3, -0.25) is 0 Å². The van der Waals surface area contributed by atoms with Crippen LogP contribution in [0.2, 0.25) is 0 Å². The van der Waals surface area contributed by atoms with Gasteiger partial charge >= 0.3 is 5.82 Å². The molecule has 0 spiro atoms. The van der Waals surface area contributed by atoms with Crippen molar-refractivity contribution in [2.75, 3.05) is 0 Å². The van der Waals surface area contributed by atoms with E-state index < -0.39 is 0 Å². The van der Waals surface area contributed by atoms with E-state index in [9.17, 15) is 10.5 Å². The zero-order chi connectivity index (χ0) is 29.2. The van der Waals surface area contributed by atoms with E-state index in [4.69, 9.17) is 13.1 Å². The predicted octanol–water partition coefficient (Wildman–Crippen LogP) is 8.13. The molecule has 2 aromatic heterocycles. The largest absolute Gasteiger partial charge is 0.536 e. The Bertz CT molecular complexity index is 1800. The highest BCUT2D eigenvalue weighted by Crippen LogP contribution is 2.32. The normalized spacial score (nSPS) is 12.1. The lowest BCUT2D eigenvalue weighted by atomic mass is 9.86. The SMILES string of the molecule is [C-]#[N+]C([N+]#[C-])=c1cc(-c2ccc(C(C)(C)C)cc2)/c(=c2\sc(=C(C#N)C#N)cc2-c2ccc(C(C)(C)C)cc2)s1. The first-order valence-electron chi connectivity index (χ1n) is 12.7. The van der Waals surface area contributed by atoms with Crippen molar-refractivity contribution in [3.8, 4) is 34.4 Å². The fourth-order valence-electron chi connectivity index (χ4n) is 4.35. The molecular formula is C34H28N4S2. The third-order valence-corrected chi connectivity index (χ3v) is 9.14. The highest BCUT2D eigenvalue weighted by atomic mass is 32.1. The van der Waals surface area contributed by atoms with Gasteiger partial charge in [-0.05, 0) is 45.2 Å². The average Bonchev–Trinajstić information content (AvgIpc) is 3.55. The molecule has 4 aromatic rings. The first kappa shape index (κ1) is 28.5. The molecule has 2 heterocycles. The van der Waals surface area contributed by atoms with Gasteiger partial charge in [0.2, 0.25) is 0 Å². The molecule has 0 atom stereocenters. The van der Waals surface area contributed by atoms with E-state index in [1.807, 2.05) is 24.3 Å². The quantitative estimate of drug-likeness (QED) is 0.234. The van der Waals surface area contributed by atoms with Gasteiger partial charge in [0.15, 0.2) is 0 Å². The Balaban J connectivity index is 2.19. The van der Waals surface area contributed by atoms with Gasteiger partial charge < -0.3 is 0 Å². The van der Waals surface area contributed by atoms with E-state index in [2.05, 4.69) is 99.8 Å². The second-order valence-electron chi connectivity index (χ2n) is 11.5. The minimum atomic E-state index is 0.00449. The van der Waals surface area contributed by atoms with Gasteiger partial charge in [-0.1, -0.05) is 90.1 Å². The third kappa shape index (κ3) is 5.61. The summed E-state index contributed by atoms with van der Waals surface area (Å²) >= 11 is 2.80. The van der Waals surface area contributed by atoms with Crippen LogP contribution in [0.3, 0.4) is 0 Å². The fraction of sp³-hybridized carbons (Fsp3) is 0.235. The minimum Gasteiger partial charge on any atom is -0.192 e. The van der Waals surface area contributed by atoms with E-state index in [1.165, 1.54) is 33.8 Å². The summed E-state index contributed by atoms with van der Waals surface area (Å²) in [6, 6.07) is 24.7. The monoisotopic (exact) mass is 556 g/mol. The molecule has 0 unspecified atom stereocenters. The molecule has 0 aliphatic heterocycles. The molecule has 0 aliphatic rings. The van der Waals surface area contributed by atoms with Gasteiger partial charge in [-0.2, -0.15) is 20.2 Å². The lowest BCUT2D eigenvalue weighted by Crippen LogP contribution is -2.10. The number of nitriles is 2. The van der Waals surface area contributed by atoms with Gasteiger partial charge in [0.05, 0.1) is 13.6 Å². The predicted molar refractivity (Wildman–Crippen MR) is 165 cm³/mol. The van der Waals surface area contributed by atoms with Crippen molar-refractivity contribution in [1.29, 1.82) is 10.5 Å². The second-order valence-corrected chi connectivity index (χ2v) is 13.6. The molecule has 0 bridgehead atoms. The topological polar surface area (TPSA) is 56.3 Å². The van der Waals surface area contributed by atoms with Crippen molar-refractivity contribution >= 4 is 34.1 Å². The van der Waals surface area contributed by atoms with E-state index in [0.717, 1.165) is 31.3 Å². The zero-order valence-corrected chi connectivity index (χ0v) is 25.0. The number of rotatable bonds is 2. The summed E-state index contributed by atoms with van der Waals surface area (Å²) in [5, 5.41) is 19.3. The summed E-state index contributed by atoms with van der Waals surface area (Å²) in [7, 11) is 0. The van der Waals surface area contributed by atoms with E-state index in [1.54, 1.807) is 0 Å². The fourth-order valence-corrected chi connectivity index (χ4v) is 6.75. The molecule has 0 saturated carbocycles. The van der Waals surface area contributed by atoms with Gasteiger partial charge in [0.25, 0.3) is 0 Å². The first-order chi connectivity index (χ1) is 18.9. The Kier molecular flexibility index (Phi) is 7.82. The van der Waals surface area contributed by atoms with Crippen LogP contribution >= 0.6 is 22.7 Å². The van der Waals surface area contributed by atoms with E-state index in [0.29, 0.717) is 9.06 Å². The van der Waals surface area contributed by atoms with Crippen LogP contribution in [0.5, 0.6) is 0 Å². The number of thiophene rings is 2. The summed E-state index contributed by atoms with van der Waals surface area (Å²) in [5.41, 5.74) is 6.28. The van der Waals surface area contributed by atoms with Crippen LogP contribution in [0.25, 0.3) is 43.3 Å². The van der Waals surface area contributed by atoms with Crippen molar-refractivity contribution in [3.63, 3.8) is 0 Å². The van der Waals surface area contributed by atoms with Gasteiger partial charge in [0.1, 0.15) is 35.4 Å². The summed E-state index contributed by atoms with van der Waals surface area (Å²) in [6.07, 6.45) is 0.